The van der Waals surface area contributed by atoms with Gasteiger partial charge in [0.25, 0.3) is 0 Å². The van der Waals surface area contributed by atoms with Gasteiger partial charge in [-0.25, -0.2) is 4.79 Å². The van der Waals surface area contributed by atoms with Crippen LogP contribution in [0.25, 0.3) is 0 Å². The SMILES string of the molecule is O=C(OCc1ccc(Br)cc1)c1ccc([N+](=O)[O-])s1. The van der Waals surface area contributed by atoms with Crippen molar-refractivity contribution in [1.82, 2.24) is 0 Å². The number of benzene rings is 1. The van der Waals surface area contributed by atoms with E-state index in [9.17, 15) is 14.9 Å². The van der Waals surface area contributed by atoms with Crippen molar-refractivity contribution in [3.8, 4) is 0 Å². The number of thiophene rings is 1. The molecule has 2 aromatic rings. The molecule has 0 amide bonds. The summed E-state index contributed by atoms with van der Waals surface area (Å²) in [5.41, 5.74) is 0.850. The number of hydrogen-bond acceptors (Lipinski definition) is 5. The lowest BCUT2D eigenvalue weighted by Crippen LogP contribution is -2.02. The van der Waals surface area contributed by atoms with E-state index < -0.39 is 10.9 Å². The average Bonchev–Trinajstić information content (AvgIpc) is 2.87. The van der Waals surface area contributed by atoms with Crippen LogP contribution in [0.1, 0.15) is 15.2 Å². The van der Waals surface area contributed by atoms with E-state index in [1.165, 1.54) is 12.1 Å². The third-order valence-corrected chi connectivity index (χ3v) is 3.80. The molecule has 0 atom stereocenters. The number of rotatable bonds is 4. The lowest BCUT2D eigenvalue weighted by atomic mass is 10.2. The first-order chi connectivity index (χ1) is 9.06. The first kappa shape index (κ1) is 13.7. The summed E-state index contributed by atoms with van der Waals surface area (Å²) < 4.78 is 6.02. The monoisotopic (exact) mass is 341 g/mol. The molecule has 5 nitrogen and oxygen atoms in total. The summed E-state index contributed by atoms with van der Waals surface area (Å²) in [5, 5.41) is 10.4. The van der Waals surface area contributed by atoms with Crippen molar-refractivity contribution in [2.45, 2.75) is 6.61 Å². The minimum absolute atomic E-state index is 0.0735. The molecular weight excluding hydrogens is 334 g/mol. The van der Waals surface area contributed by atoms with Crippen LogP contribution in [0, 0.1) is 10.1 Å². The highest BCUT2D eigenvalue weighted by atomic mass is 79.9. The largest absolute Gasteiger partial charge is 0.457 e. The van der Waals surface area contributed by atoms with E-state index in [4.69, 9.17) is 4.74 Å². The van der Waals surface area contributed by atoms with Crippen LogP contribution in [0.4, 0.5) is 5.00 Å². The average molecular weight is 342 g/mol. The number of nitrogens with zero attached hydrogens (tertiary/aromatic N) is 1. The van der Waals surface area contributed by atoms with Gasteiger partial charge < -0.3 is 4.74 Å². The van der Waals surface area contributed by atoms with E-state index in [0.29, 0.717) is 0 Å². The van der Waals surface area contributed by atoms with Gasteiger partial charge in [-0.05, 0) is 23.8 Å². The van der Waals surface area contributed by atoms with Gasteiger partial charge in [0.05, 0.1) is 4.92 Å². The summed E-state index contributed by atoms with van der Waals surface area (Å²) in [6.07, 6.45) is 0. The maximum absolute atomic E-state index is 11.7. The van der Waals surface area contributed by atoms with Crippen LogP contribution in [-0.4, -0.2) is 10.9 Å². The summed E-state index contributed by atoms with van der Waals surface area (Å²) in [7, 11) is 0. The molecule has 2 rings (SSSR count). The number of nitro groups is 1. The van der Waals surface area contributed by atoms with Crippen LogP contribution in [0.5, 0.6) is 0 Å². The highest BCUT2D eigenvalue weighted by Gasteiger charge is 2.16. The van der Waals surface area contributed by atoms with Crippen LogP contribution in [0.2, 0.25) is 0 Å². The highest BCUT2D eigenvalue weighted by Crippen LogP contribution is 2.24. The standard InChI is InChI=1S/C12H8BrNO4S/c13-9-3-1-8(2-4-9)7-18-12(15)10-5-6-11(19-10)14(16)17/h1-6H,7H2. The first-order valence-electron chi connectivity index (χ1n) is 5.22. The number of halogens is 1. The number of hydrogen-bond donors (Lipinski definition) is 0. The van der Waals surface area contributed by atoms with Gasteiger partial charge in [0, 0.05) is 10.5 Å². The summed E-state index contributed by atoms with van der Waals surface area (Å²) in [6.45, 7) is 0.137. The van der Waals surface area contributed by atoms with Crippen LogP contribution in [0.3, 0.4) is 0 Å². The second-order valence-electron chi connectivity index (χ2n) is 3.60. The molecule has 1 aromatic heterocycles. The molecule has 19 heavy (non-hydrogen) atoms. The lowest BCUT2D eigenvalue weighted by molar-refractivity contribution is -0.380. The van der Waals surface area contributed by atoms with Crippen LogP contribution < -0.4 is 0 Å². The van der Waals surface area contributed by atoms with Gasteiger partial charge in [-0.3, -0.25) is 10.1 Å². The Hall–Kier alpha value is -1.73. The zero-order valence-corrected chi connectivity index (χ0v) is 11.9. The number of ether oxygens (including phenoxy) is 1. The predicted molar refractivity (Wildman–Crippen MR) is 74.2 cm³/mol. The van der Waals surface area contributed by atoms with Crippen molar-refractivity contribution in [2.75, 3.05) is 0 Å². The minimum Gasteiger partial charge on any atom is -0.457 e. The van der Waals surface area contributed by atoms with E-state index in [1.54, 1.807) is 0 Å². The molecule has 0 N–H and O–H groups in total. The van der Waals surface area contributed by atoms with Crippen molar-refractivity contribution in [3.05, 3.63) is 61.4 Å². The van der Waals surface area contributed by atoms with Crippen LogP contribution >= 0.6 is 27.3 Å². The number of carbonyl (C=O) groups is 1. The van der Waals surface area contributed by atoms with Crippen LogP contribution in [0.15, 0.2) is 40.9 Å². The fraction of sp³-hybridized carbons (Fsp3) is 0.0833. The summed E-state index contributed by atoms with van der Waals surface area (Å²) in [4.78, 5) is 21.9. The zero-order chi connectivity index (χ0) is 13.8. The zero-order valence-electron chi connectivity index (χ0n) is 9.54. The van der Waals surface area contributed by atoms with Gasteiger partial charge in [-0.15, -0.1) is 0 Å². The Morgan fingerprint density at radius 3 is 2.53 bits per heavy atom. The van der Waals surface area contributed by atoms with E-state index in [-0.39, 0.29) is 16.5 Å². The predicted octanol–water partition coefficient (Wildman–Crippen LogP) is 3.78. The molecule has 1 heterocycles. The molecule has 0 aliphatic carbocycles. The topological polar surface area (TPSA) is 69.4 Å². The Kier molecular flexibility index (Phi) is 4.28. The Balaban J connectivity index is 1.97. The van der Waals surface area contributed by atoms with Gasteiger partial charge in [0.2, 0.25) is 0 Å². The quantitative estimate of drug-likeness (QED) is 0.482. The van der Waals surface area contributed by atoms with Crippen molar-refractivity contribution in [1.29, 1.82) is 0 Å². The Morgan fingerprint density at radius 2 is 1.95 bits per heavy atom. The third-order valence-electron chi connectivity index (χ3n) is 2.26. The second kappa shape index (κ2) is 5.94. The molecule has 0 spiro atoms. The van der Waals surface area contributed by atoms with E-state index in [0.717, 1.165) is 21.4 Å². The fourth-order valence-corrected chi connectivity index (χ4v) is 2.31. The molecule has 0 unspecified atom stereocenters. The Bertz CT molecular complexity index is 608. The Labute approximate surface area is 121 Å². The molecule has 0 aliphatic rings. The molecule has 0 aliphatic heterocycles. The van der Waals surface area contributed by atoms with Gasteiger partial charge in [-0.1, -0.05) is 39.4 Å². The minimum atomic E-state index is -0.555. The molecule has 0 fully saturated rings. The second-order valence-corrected chi connectivity index (χ2v) is 5.58. The normalized spacial score (nSPS) is 10.2. The van der Waals surface area contributed by atoms with Gasteiger partial charge >= 0.3 is 11.0 Å². The van der Waals surface area contributed by atoms with E-state index in [1.807, 2.05) is 24.3 Å². The van der Waals surface area contributed by atoms with E-state index in [2.05, 4.69) is 15.9 Å². The fourth-order valence-electron chi connectivity index (χ4n) is 1.34. The van der Waals surface area contributed by atoms with Crippen molar-refractivity contribution < 1.29 is 14.5 Å². The molecule has 98 valence electrons. The smallest absolute Gasteiger partial charge is 0.348 e. The van der Waals surface area contributed by atoms with Crippen molar-refractivity contribution >= 4 is 38.2 Å². The van der Waals surface area contributed by atoms with Gasteiger partial charge in [0.1, 0.15) is 11.5 Å². The number of esters is 1. The molecule has 7 heteroatoms. The van der Waals surface area contributed by atoms with E-state index >= 15 is 0 Å². The van der Waals surface area contributed by atoms with Crippen molar-refractivity contribution in [3.63, 3.8) is 0 Å². The van der Waals surface area contributed by atoms with Gasteiger partial charge in [0.15, 0.2) is 0 Å². The highest BCUT2D eigenvalue weighted by molar-refractivity contribution is 9.10. The van der Waals surface area contributed by atoms with Crippen LogP contribution in [-0.2, 0) is 11.3 Å². The molecule has 1 aromatic carbocycles. The summed E-state index contributed by atoms with van der Waals surface area (Å²) in [5.74, 6) is -0.555. The first-order valence-corrected chi connectivity index (χ1v) is 6.83. The molecule has 0 bridgehead atoms. The summed E-state index contributed by atoms with van der Waals surface area (Å²) in [6, 6.07) is 10.0. The third kappa shape index (κ3) is 3.62. The summed E-state index contributed by atoms with van der Waals surface area (Å²) >= 11 is 4.11. The lowest BCUT2D eigenvalue weighted by Gasteiger charge is -2.03. The molecule has 0 radical (unpaired) electrons. The maximum atomic E-state index is 11.7. The van der Waals surface area contributed by atoms with Crippen molar-refractivity contribution in [2.24, 2.45) is 0 Å². The van der Waals surface area contributed by atoms with Gasteiger partial charge in [-0.2, -0.15) is 0 Å². The Morgan fingerprint density at radius 1 is 1.26 bits per heavy atom. The molecule has 0 saturated carbocycles. The molecular formula is C12H8BrNO4S. The number of carbonyl (C=O) groups excluding carboxylic acids is 1. The maximum Gasteiger partial charge on any atom is 0.348 e. The molecule has 0 saturated heterocycles.